The van der Waals surface area contributed by atoms with Gasteiger partial charge in [-0.1, -0.05) is 62.3 Å². The van der Waals surface area contributed by atoms with Crippen LogP contribution in [-0.2, 0) is 12.6 Å². The van der Waals surface area contributed by atoms with E-state index < -0.39 is 26.6 Å². The fourth-order valence-corrected chi connectivity index (χ4v) is 3.33. The van der Waals surface area contributed by atoms with Crippen LogP contribution in [-0.4, -0.2) is 4.83 Å². The molecule has 0 aliphatic rings. The number of nitrogens with zero attached hydrogens (tertiary/aromatic N) is 1. The van der Waals surface area contributed by atoms with Gasteiger partial charge in [0.2, 0.25) is 0 Å². The first kappa shape index (κ1) is 21.5. The minimum absolute atomic E-state index is 0.213. The molecule has 0 aliphatic heterocycles. The minimum Gasteiger partial charge on any atom is -0.454 e. The molecule has 0 aromatic heterocycles. The van der Waals surface area contributed by atoms with Gasteiger partial charge in [-0.3, -0.25) is 0 Å². The number of halogens is 8. The molecule has 0 N–H and O–H groups in total. The Balaban J connectivity index is 2.42. The quantitative estimate of drug-likeness (QED) is 0.311. The van der Waals surface area contributed by atoms with Crippen LogP contribution in [0.2, 0.25) is 20.1 Å². The van der Waals surface area contributed by atoms with Gasteiger partial charge in [0.1, 0.15) is 15.6 Å². The van der Waals surface area contributed by atoms with E-state index in [1.165, 1.54) is 18.2 Å². The standard InChI is InChI=1S/C16H7BrCl4F3NO/c17-8(6-25)3-7-4-9(1-2-11(7)18)26-15-12(19)5-10(16(22,23)24)13(20)14(15)21/h1-2,4-5,8H,3H2. The molecule has 2 aromatic rings. The second kappa shape index (κ2) is 8.45. The van der Waals surface area contributed by atoms with E-state index in [-0.39, 0.29) is 16.5 Å². The van der Waals surface area contributed by atoms with E-state index in [1.807, 2.05) is 6.07 Å². The molecule has 0 saturated heterocycles. The summed E-state index contributed by atoms with van der Waals surface area (Å²) in [6.07, 6.45) is -4.42. The van der Waals surface area contributed by atoms with Crippen molar-refractivity contribution in [2.75, 3.05) is 0 Å². The maximum absolute atomic E-state index is 12.9. The Kier molecular flexibility index (Phi) is 6.98. The van der Waals surface area contributed by atoms with Gasteiger partial charge < -0.3 is 4.74 Å². The van der Waals surface area contributed by atoms with Crippen LogP contribution < -0.4 is 4.74 Å². The lowest BCUT2D eigenvalue weighted by atomic mass is 10.1. The Morgan fingerprint density at radius 1 is 1.08 bits per heavy atom. The number of benzene rings is 2. The summed E-state index contributed by atoms with van der Waals surface area (Å²) >= 11 is 26.8. The molecule has 2 nitrogen and oxygen atoms in total. The lowest BCUT2D eigenvalue weighted by Crippen LogP contribution is -2.07. The summed E-state index contributed by atoms with van der Waals surface area (Å²) in [7, 11) is 0. The molecule has 2 rings (SSSR count). The van der Waals surface area contributed by atoms with E-state index >= 15 is 0 Å². The highest BCUT2D eigenvalue weighted by molar-refractivity contribution is 9.09. The average Bonchev–Trinajstić information content (AvgIpc) is 2.56. The number of nitriles is 1. The van der Waals surface area contributed by atoms with Crippen molar-refractivity contribution in [1.82, 2.24) is 0 Å². The predicted octanol–water partition coefficient (Wildman–Crippen LogP) is 7.94. The Morgan fingerprint density at radius 3 is 2.31 bits per heavy atom. The van der Waals surface area contributed by atoms with Crippen LogP contribution in [0.4, 0.5) is 13.2 Å². The summed E-state index contributed by atoms with van der Waals surface area (Å²) in [4.78, 5) is -0.470. The van der Waals surface area contributed by atoms with E-state index in [9.17, 15) is 13.2 Å². The third-order valence-corrected chi connectivity index (χ3v) is 5.23. The van der Waals surface area contributed by atoms with E-state index in [1.54, 1.807) is 0 Å². The molecule has 0 spiro atoms. The van der Waals surface area contributed by atoms with Crippen molar-refractivity contribution in [3.05, 3.63) is 55.5 Å². The molecule has 0 fully saturated rings. The minimum atomic E-state index is -4.71. The smallest absolute Gasteiger partial charge is 0.417 e. The molecule has 0 heterocycles. The zero-order chi connectivity index (χ0) is 19.6. The lowest BCUT2D eigenvalue weighted by molar-refractivity contribution is -0.137. The fourth-order valence-electron chi connectivity index (χ4n) is 2.01. The van der Waals surface area contributed by atoms with Gasteiger partial charge in [-0.15, -0.1) is 0 Å². The molecule has 0 bridgehead atoms. The van der Waals surface area contributed by atoms with Crippen molar-refractivity contribution in [2.24, 2.45) is 0 Å². The van der Waals surface area contributed by atoms with Gasteiger partial charge in [-0.05, 0) is 36.2 Å². The molecule has 0 saturated carbocycles. The summed E-state index contributed by atoms with van der Waals surface area (Å²) in [6, 6.07) is 7.20. The van der Waals surface area contributed by atoms with Gasteiger partial charge >= 0.3 is 6.18 Å². The van der Waals surface area contributed by atoms with Crippen LogP contribution in [0.5, 0.6) is 11.5 Å². The Bertz CT molecular complexity index is 883. The molecule has 1 atom stereocenters. The number of ether oxygens (including phenoxy) is 1. The lowest BCUT2D eigenvalue weighted by Gasteiger charge is -2.16. The molecule has 26 heavy (non-hydrogen) atoms. The summed E-state index contributed by atoms with van der Waals surface area (Å²) in [6.45, 7) is 0. The molecule has 0 amide bonds. The van der Waals surface area contributed by atoms with Gasteiger partial charge in [0.15, 0.2) is 5.75 Å². The van der Waals surface area contributed by atoms with Crippen LogP contribution in [0.3, 0.4) is 0 Å². The molecular weight excluding hydrogens is 501 g/mol. The Hall–Kier alpha value is -0.840. The van der Waals surface area contributed by atoms with E-state index in [2.05, 4.69) is 15.9 Å². The highest BCUT2D eigenvalue weighted by Crippen LogP contribution is 2.47. The van der Waals surface area contributed by atoms with Gasteiger partial charge in [-0.2, -0.15) is 18.4 Å². The molecule has 0 radical (unpaired) electrons. The SMILES string of the molecule is N#CC(Br)Cc1cc(Oc2c(Cl)cc(C(F)(F)F)c(Cl)c2Cl)ccc1Cl. The van der Waals surface area contributed by atoms with Crippen molar-refractivity contribution in [1.29, 1.82) is 5.26 Å². The molecule has 1 unspecified atom stereocenters. The van der Waals surface area contributed by atoms with Crippen molar-refractivity contribution in [3.8, 4) is 17.6 Å². The van der Waals surface area contributed by atoms with Crippen molar-refractivity contribution in [2.45, 2.75) is 17.4 Å². The monoisotopic (exact) mass is 505 g/mol. The Labute approximate surface area is 175 Å². The first-order valence-electron chi connectivity index (χ1n) is 6.79. The summed E-state index contributed by atoms with van der Waals surface area (Å²) in [5.41, 5.74) is -0.563. The van der Waals surface area contributed by atoms with Crippen LogP contribution in [0.15, 0.2) is 24.3 Å². The molecule has 10 heteroatoms. The number of hydrogen-bond acceptors (Lipinski definition) is 2. The summed E-state index contributed by atoms with van der Waals surface area (Å²) < 4.78 is 44.3. The zero-order valence-electron chi connectivity index (χ0n) is 12.5. The van der Waals surface area contributed by atoms with Crippen LogP contribution in [0.1, 0.15) is 11.1 Å². The molecule has 138 valence electrons. The third kappa shape index (κ3) is 4.90. The second-order valence-corrected chi connectivity index (χ2v) is 7.69. The third-order valence-electron chi connectivity index (χ3n) is 3.20. The first-order chi connectivity index (χ1) is 12.0. The first-order valence-corrected chi connectivity index (χ1v) is 9.22. The summed E-state index contributed by atoms with van der Waals surface area (Å²) in [5.74, 6) is 0.0111. The van der Waals surface area contributed by atoms with Gasteiger partial charge in [0, 0.05) is 5.02 Å². The largest absolute Gasteiger partial charge is 0.454 e. The van der Waals surface area contributed by atoms with Crippen LogP contribution in [0, 0.1) is 11.3 Å². The normalized spacial score (nSPS) is 12.6. The molecule has 0 aliphatic carbocycles. The zero-order valence-corrected chi connectivity index (χ0v) is 17.1. The topological polar surface area (TPSA) is 33.0 Å². The number of rotatable bonds is 4. The van der Waals surface area contributed by atoms with Gasteiger partial charge in [-0.25, -0.2) is 0 Å². The highest BCUT2D eigenvalue weighted by Gasteiger charge is 2.36. The van der Waals surface area contributed by atoms with Gasteiger partial charge in [0.05, 0.1) is 21.7 Å². The summed E-state index contributed by atoms with van der Waals surface area (Å²) in [5, 5.41) is 7.76. The van der Waals surface area contributed by atoms with Crippen LogP contribution in [0.25, 0.3) is 0 Å². The molecular formula is C16H7BrCl4F3NO. The maximum Gasteiger partial charge on any atom is 0.417 e. The second-order valence-electron chi connectivity index (χ2n) is 5.02. The average molecular weight is 508 g/mol. The Morgan fingerprint density at radius 2 is 1.73 bits per heavy atom. The van der Waals surface area contributed by atoms with Crippen molar-refractivity contribution in [3.63, 3.8) is 0 Å². The highest BCUT2D eigenvalue weighted by atomic mass is 79.9. The number of hydrogen-bond donors (Lipinski definition) is 0. The van der Waals surface area contributed by atoms with Gasteiger partial charge in [0.25, 0.3) is 0 Å². The number of alkyl halides is 4. The van der Waals surface area contributed by atoms with Crippen molar-refractivity contribution >= 4 is 62.3 Å². The van der Waals surface area contributed by atoms with Crippen molar-refractivity contribution < 1.29 is 17.9 Å². The molecule has 2 aromatic carbocycles. The van der Waals surface area contributed by atoms with E-state index in [0.29, 0.717) is 23.1 Å². The van der Waals surface area contributed by atoms with E-state index in [4.69, 9.17) is 56.4 Å². The fraction of sp³-hybridized carbons (Fsp3) is 0.188. The maximum atomic E-state index is 12.9. The van der Waals surface area contributed by atoms with E-state index in [0.717, 1.165) is 0 Å². The van der Waals surface area contributed by atoms with Crippen LogP contribution >= 0.6 is 62.3 Å². The predicted molar refractivity (Wildman–Crippen MR) is 100 cm³/mol.